The number of aromatic nitrogens is 1. The van der Waals surface area contributed by atoms with E-state index in [1.807, 2.05) is 25.9 Å². The summed E-state index contributed by atoms with van der Waals surface area (Å²) in [5, 5.41) is 0. The van der Waals surface area contributed by atoms with E-state index >= 15 is 0 Å². The molecule has 3 rings (SSSR count). The second-order valence-electron chi connectivity index (χ2n) is 7.87. The highest BCUT2D eigenvalue weighted by Crippen LogP contribution is 2.53. The Hall–Kier alpha value is -1.95. The number of carbonyl (C=O) groups is 3. The number of hydrogen-bond donors (Lipinski definition) is 1. The Bertz CT molecular complexity index is 655. The number of aromatic amines is 1. The number of imide groups is 1. The Morgan fingerprint density at radius 2 is 2.08 bits per heavy atom. The molecule has 2 aliphatic rings. The third-order valence-corrected chi connectivity index (χ3v) is 6.42. The van der Waals surface area contributed by atoms with Crippen LogP contribution < -0.4 is 0 Å². The van der Waals surface area contributed by atoms with Crippen molar-refractivity contribution in [1.29, 1.82) is 0 Å². The standard InChI is InChI=1S/C19H27N3O3/c1-19(21(2)3,15-10-13-6-7-14(15)9-13)18(25)22(12-23)11-17(24)16-5-4-8-20-16/h4-5,8,12-15,20H,6-7,9-11H2,1-3H3. The van der Waals surface area contributed by atoms with Crippen LogP contribution in [0.25, 0.3) is 0 Å². The van der Waals surface area contributed by atoms with Crippen LogP contribution in [-0.2, 0) is 9.59 Å². The monoisotopic (exact) mass is 345 g/mol. The first-order valence-corrected chi connectivity index (χ1v) is 8.98. The molecule has 2 fully saturated rings. The number of H-pyrrole nitrogens is 1. The van der Waals surface area contributed by atoms with E-state index in [0.29, 0.717) is 23.9 Å². The fraction of sp³-hybridized carbons (Fsp3) is 0.632. The van der Waals surface area contributed by atoms with E-state index in [9.17, 15) is 14.4 Å². The van der Waals surface area contributed by atoms with Gasteiger partial charge in [0.25, 0.3) is 0 Å². The van der Waals surface area contributed by atoms with Gasteiger partial charge >= 0.3 is 0 Å². The van der Waals surface area contributed by atoms with Gasteiger partial charge < -0.3 is 4.98 Å². The number of rotatable bonds is 7. The molecule has 2 bridgehead atoms. The first-order valence-electron chi connectivity index (χ1n) is 8.98. The highest BCUT2D eigenvalue weighted by Gasteiger charge is 2.54. The van der Waals surface area contributed by atoms with Gasteiger partial charge in [0, 0.05) is 6.20 Å². The van der Waals surface area contributed by atoms with Gasteiger partial charge in [0.1, 0.15) is 5.54 Å². The van der Waals surface area contributed by atoms with Crippen LogP contribution in [0.15, 0.2) is 18.3 Å². The number of nitrogens with zero attached hydrogens (tertiary/aromatic N) is 2. The highest BCUT2D eigenvalue weighted by molar-refractivity contribution is 6.02. The molecule has 1 aromatic rings. The van der Waals surface area contributed by atoms with Crippen LogP contribution in [0.2, 0.25) is 0 Å². The average Bonchev–Trinajstić information content (AvgIpc) is 3.35. The number of carbonyl (C=O) groups excluding carboxylic acids is 3. The van der Waals surface area contributed by atoms with Crippen molar-refractivity contribution in [3.63, 3.8) is 0 Å². The Labute approximate surface area is 148 Å². The van der Waals surface area contributed by atoms with Gasteiger partial charge in [-0.25, -0.2) is 0 Å². The van der Waals surface area contributed by atoms with E-state index in [4.69, 9.17) is 0 Å². The maximum atomic E-state index is 13.3. The molecule has 0 aliphatic heterocycles. The van der Waals surface area contributed by atoms with E-state index in [1.54, 1.807) is 18.3 Å². The summed E-state index contributed by atoms with van der Waals surface area (Å²) in [5.74, 6) is 0.933. The lowest BCUT2D eigenvalue weighted by atomic mass is 9.73. The number of fused-ring (bicyclic) bond motifs is 2. The summed E-state index contributed by atoms with van der Waals surface area (Å²) >= 11 is 0. The lowest BCUT2D eigenvalue weighted by molar-refractivity contribution is -0.150. The van der Waals surface area contributed by atoms with Crippen molar-refractivity contribution in [3.05, 3.63) is 24.0 Å². The maximum absolute atomic E-state index is 13.3. The molecule has 2 aliphatic carbocycles. The minimum Gasteiger partial charge on any atom is -0.359 e. The minimum absolute atomic E-state index is 0.229. The van der Waals surface area contributed by atoms with E-state index in [0.717, 1.165) is 17.7 Å². The summed E-state index contributed by atoms with van der Waals surface area (Å²) in [6, 6.07) is 3.37. The van der Waals surface area contributed by atoms with Crippen molar-refractivity contribution in [1.82, 2.24) is 14.8 Å². The van der Waals surface area contributed by atoms with Gasteiger partial charge in [0.2, 0.25) is 12.3 Å². The van der Waals surface area contributed by atoms with E-state index in [-0.39, 0.29) is 24.2 Å². The minimum atomic E-state index is -0.767. The SMILES string of the molecule is CN(C)C(C)(C(=O)N(C=O)CC(=O)c1ccc[nH]1)C1CC2CCC1C2. The van der Waals surface area contributed by atoms with Crippen molar-refractivity contribution in [2.24, 2.45) is 17.8 Å². The van der Waals surface area contributed by atoms with Crippen LogP contribution in [0.4, 0.5) is 0 Å². The van der Waals surface area contributed by atoms with Gasteiger partial charge in [0.15, 0.2) is 5.78 Å². The van der Waals surface area contributed by atoms with Crippen LogP contribution in [-0.4, -0.2) is 59.1 Å². The van der Waals surface area contributed by atoms with E-state index in [1.165, 1.54) is 12.8 Å². The second kappa shape index (κ2) is 6.75. The number of likely N-dealkylation sites (N-methyl/N-ethyl adjacent to an activating group) is 1. The molecule has 1 heterocycles. The zero-order valence-electron chi connectivity index (χ0n) is 15.2. The number of ketones is 1. The summed E-state index contributed by atoms with van der Waals surface area (Å²) in [7, 11) is 3.78. The zero-order valence-corrected chi connectivity index (χ0v) is 15.2. The molecule has 0 spiro atoms. The molecule has 1 aromatic heterocycles. The van der Waals surface area contributed by atoms with Crippen LogP contribution in [0.1, 0.15) is 43.1 Å². The fourth-order valence-electron chi connectivity index (χ4n) is 4.81. The van der Waals surface area contributed by atoms with Crippen LogP contribution in [0, 0.1) is 17.8 Å². The summed E-state index contributed by atoms with van der Waals surface area (Å²) < 4.78 is 0. The van der Waals surface area contributed by atoms with E-state index in [2.05, 4.69) is 4.98 Å². The Balaban J connectivity index is 1.81. The molecule has 0 saturated heterocycles. The molecule has 0 aromatic carbocycles. The molecule has 4 atom stereocenters. The van der Waals surface area contributed by atoms with Gasteiger partial charge in [-0.2, -0.15) is 0 Å². The molecule has 25 heavy (non-hydrogen) atoms. The summed E-state index contributed by atoms with van der Waals surface area (Å²) in [4.78, 5) is 43.1. The molecule has 2 saturated carbocycles. The molecule has 0 radical (unpaired) electrons. The zero-order chi connectivity index (χ0) is 18.2. The van der Waals surface area contributed by atoms with Crippen LogP contribution in [0.3, 0.4) is 0 Å². The molecular formula is C19H27N3O3. The maximum Gasteiger partial charge on any atom is 0.249 e. The highest BCUT2D eigenvalue weighted by atomic mass is 16.2. The third-order valence-electron chi connectivity index (χ3n) is 6.42. The molecule has 1 N–H and O–H groups in total. The predicted molar refractivity (Wildman–Crippen MR) is 93.9 cm³/mol. The number of nitrogens with one attached hydrogen (secondary N) is 1. The lowest BCUT2D eigenvalue weighted by Gasteiger charge is -2.45. The molecule has 4 unspecified atom stereocenters. The van der Waals surface area contributed by atoms with E-state index < -0.39 is 5.54 Å². The summed E-state index contributed by atoms with van der Waals surface area (Å²) in [5.41, 5.74) is -0.359. The molecular weight excluding hydrogens is 318 g/mol. The van der Waals surface area contributed by atoms with Crippen molar-refractivity contribution >= 4 is 18.1 Å². The Morgan fingerprint density at radius 3 is 2.56 bits per heavy atom. The smallest absolute Gasteiger partial charge is 0.249 e. The topological polar surface area (TPSA) is 73.5 Å². The first-order chi connectivity index (χ1) is 11.9. The molecule has 2 amide bonds. The Morgan fingerprint density at radius 1 is 1.32 bits per heavy atom. The fourth-order valence-corrected chi connectivity index (χ4v) is 4.81. The van der Waals surface area contributed by atoms with Crippen molar-refractivity contribution < 1.29 is 14.4 Å². The summed E-state index contributed by atoms with van der Waals surface area (Å²) in [6.07, 6.45) is 6.78. The van der Waals surface area contributed by atoms with Gasteiger partial charge in [-0.15, -0.1) is 0 Å². The van der Waals surface area contributed by atoms with Gasteiger partial charge in [-0.05, 0) is 70.2 Å². The number of amides is 2. The van der Waals surface area contributed by atoms with Gasteiger partial charge in [-0.3, -0.25) is 24.2 Å². The molecule has 136 valence electrons. The van der Waals surface area contributed by atoms with Crippen LogP contribution in [0.5, 0.6) is 0 Å². The largest absolute Gasteiger partial charge is 0.359 e. The van der Waals surface area contributed by atoms with Crippen molar-refractivity contribution in [2.75, 3.05) is 20.6 Å². The number of hydrogen-bond acceptors (Lipinski definition) is 4. The molecule has 6 heteroatoms. The van der Waals surface area contributed by atoms with Crippen LogP contribution >= 0.6 is 0 Å². The quantitative estimate of drug-likeness (QED) is 0.605. The third kappa shape index (κ3) is 3.03. The van der Waals surface area contributed by atoms with Gasteiger partial charge in [0.05, 0.1) is 12.2 Å². The second-order valence-corrected chi connectivity index (χ2v) is 7.87. The normalized spacial score (nSPS) is 27.3. The van der Waals surface area contributed by atoms with Gasteiger partial charge in [-0.1, -0.05) is 6.42 Å². The van der Waals surface area contributed by atoms with Crippen molar-refractivity contribution in [3.8, 4) is 0 Å². The predicted octanol–water partition coefficient (Wildman–Crippen LogP) is 1.94. The number of Topliss-reactive ketones (excluding diaryl/α,β-unsaturated/α-hetero) is 1. The summed E-state index contributed by atoms with van der Waals surface area (Å²) in [6.45, 7) is 1.70. The van der Waals surface area contributed by atoms with Crippen molar-refractivity contribution in [2.45, 2.75) is 38.1 Å². The Kier molecular flexibility index (Phi) is 4.82. The molecule has 6 nitrogen and oxygen atoms in total. The first kappa shape index (κ1) is 17.9. The average molecular weight is 345 g/mol. The lowest BCUT2D eigenvalue weighted by Crippen LogP contribution is -2.61.